The first-order chi connectivity index (χ1) is 14.3. The van der Waals surface area contributed by atoms with E-state index >= 15 is 0 Å². The largest absolute Gasteiger partial charge is 0.456 e. The van der Waals surface area contributed by atoms with Crippen LogP contribution in [-0.2, 0) is 0 Å². The molecule has 3 aromatic carbocycles. The van der Waals surface area contributed by atoms with Crippen LogP contribution in [0.2, 0.25) is 0 Å². The number of hydrogen-bond acceptors (Lipinski definition) is 1. The van der Waals surface area contributed by atoms with Crippen LogP contribution in [0.1, 0.15) is 18.2 Å². The minimum Gasteiger partial charge on any atom is -0.456 e. The first-order valence-electron chi connectivity index (χ1n) is 9.86. The van der Waals surface area contributed by atoms with E-state index in [0.717, 1.165) is 22.3 Å². The zero-order valence-corrected chi connectivity index (χ0v) is 16.1. The van der Waals surface area contributed by atoms with Crippen molar-refractivity contribution >= 4 is 61.1 Å². The molecule has 0 aliphatic heterocycles. The lowest BCUT2D eigenvalue weighted by Gasteiger charge is -2.11. The SMILES string of the molecule is C=Cc1c(/C=C\C)oc2ccc3c(c4ccccc4c4c5ccccc5cn34)c12. The molecule has 0 saturated heterocycles. The van der Waals surface area contributed by atoms with Gasteiger partial charge in [-0.15, -0.1) is 0 Å². The van der Waals surface area contributed by atoms with Crippen molar-refractivity contribution in [2.75, 3.05) is 0 Å². The molecule has 6 aromatic rings. The molecule has 0 spiro atoms. The molecule has 2 nitrogen and oxygen atoms in total. The number of fused-ring (bicyclic) bond motifs is 10. The summed E-state index contributed by atoms with van der Waals surface area (Å²) in [5.41, 5.74) is 4.37. The van der Waals surface area contributed by atoms with Crippen molar-refractivity contribution in [3.05, 3.63) is 90.8 Å². The highest BCUT2D eigenvalue weighted by Gasteiger charge is 2.18. The predicted molar refractivity (Wildman–Crippen MR) is 124 cm³/mol. The molecule has 0 N–H and O–H groups in total. The number of pyridine rings is 1. The summed E-state index contributed by atoms with van der Waals surface area (Å²) in [6.07, 6.45) is 8.16. The van der Waals surface area contributed by atoms with Crippen molar-refractivity contribution in [2.45, 2.75) is 6.92 Å². The third-order valence-corrected chi connectivity index (χ3v) is 5.86. The van der Waals surface area contributed by atoms with Gasteiger partial charge in [0.15, 0.2) is 0 Å². The van der Waals surface area contributed by atoms with Crippen LogP contribution < -0.4 is 0 Å². The van der Waals surface area contributed by atoms with Crippen molar-refractivity contribution in [1.82, 2.24) is 4.40 Å². The van der Waals surface area contributed by atoms with Gasteiger partial charge in [-0.2, -0.15) is 0 Å². The summed E-state index contributed by atoms with van der Waals surface area (Å²) in [6, 6.07) is 21.5. The number of aromatic nitrogens is 1. The lowest BCUT2D eigenvalue weighted by molar-refractivity contribution is 0.603. The Balaban J connectivity index is 1.98. The predicted octanol–water partition coefficient (Wildman–Crippen LogP) is 7.82. The Hall–Kier alpha value is -3.78. The number of furan rings is 1. The Labute approximate surface area is 168 Å². The molecule has 3 heterocycles. The van der Waals surface area contributed by atoms with Crippen molar-refractivity contribution in [1.29, 1.82) is 0 Å². The van der Waals surface area contributed by atoms with Crippen LogP contribution >= 0.6 is 0 Å². The van der Waals surface area contributed by atoms with Crippen molar-refractivity contribution in [3.8, 4) is 0 Å². The van der Waals surface area contributed by atoms with E-state index in [9.17, 15) is 0 Å². The van der Waals surface area contributed by atoms with E-state index in [0.29, 0.717) is 0 Å². The highest BCUT2D eigenvalue weighted by atomic mass is 16.3. The molecule has 0 saturated carbocycles. The van der Waals surface area contributed by atoms with Gasteiger partial charge in [0.05, 0.1) is 11.0 Å². The molecule has 0 fully saturated rings. The topological polar surface area (TPSA) is 17.6 Å². The van der Waals surface area contributed by atoms with E-state index in [-0.39, 0.29) is 0 Å². The Morgan fingerprint density at radius 3 is 2.41 bits per heavy atom. The van der Waals surface area contributed by atoms with Crippen LogP contribution in [0.4, 0.5) is 0 Å². The molecule has 6 rings (SSSR count). The molecule has 0 aliphatic carbocycles. The fourth-order valence-corrected chi connectivity index (χ4v) is 4.70. The summed E-state index contributed by atoms with van der Waals surface area (Å²) in [7, 11) is 0. The van der Waals surface area contributed by atoms with Crippen molar-refractivity contribution in [3.63, 3.8) is 0 Å². The van der Waals surface area contributed by atoms with E-state index in [1.807, 2.05) is 25.2 Å². The van der Waals surface area contributed by atoms with Crippen LogP contribution in [0, 0.1) is 0 Å². The molecule has 2 heteroatoms. The van der Waals surface area contributed by atoms with Gasteiger partial charge in [-0.3, -0.25) is 0 Å². The fourth-order valence-electron chi connectivity index (χ4n) is 4.70. The van der Waals surface area contributed by atoms with E-state index in [1.165, 1.54) is 38.0 Å². The third kappa shape index (κ3) is 2.06. The fraction of sp³-hybridized carbons (Fsp3) is 0.0370. The molecule has 0 amide bonds. The number of rotatable bonds is 2. The molecule has 138 valence electrons. The Kier molecular flexibility index (Phi) is 3.27. The van der Waals surface area contributed by atoms with E-state index < -0.39 is 0 Å². The maximum Gasteiger partial charge on any atom is 0.136 e. The monoisotopic (exact) mass is 373 g/mol. The van der Waals surface area contributed by atoms with Crippen LogP contribution in [-0.4, -0.2) is 4.40 Å². The maximum atomic E-state index is 6.19. The van der Waals surface area contributed by atoms with Gasteiger partial charge < -0.3 is 8.82 Å². The summed E-state index contributed by atoms with van der Waals surface area (Å²) in [4.78, 5) is 0. The molecular formula is C27H19NO. The van der Waals surface area contributed by atoms with E-state index in [1.54, 1.807) is 0 Å². The molecule has 0 atom stereocenters. The standard InChI is InChI=1S/C27H19NO/c1-3-9-23-18(4-2)26-24(29-23)15-14-22-25(26)20-12-7-8-13-21(20)27-19-11-6-5-10-17(19)16-28(22)27/h3-16H,2H2,1H3/b9-3-. The van der Waals surface area contributed by atoms with Gasteiger partial charge in [-0.25, -0.2) is 0 Å². The lowest BCUT2D eigenvalue weighted by Crippen LogP contribution is -1.90. The van der Waals surface area contributed by atoms with Crippen LogP contribution in [0.25, 0.3) is 61.1 Å². The number of allylic oxidation sites excluding steroid dienone is 1. The van der Waals surface area contributed by atoms with Gasteiger partial charge >= 0.3 is 0 Å². The first kappa shape index (κ1) is 16.2. The summed E-state index contributed by atoms with van der Waals surface area (Å²) < 4.78 is 8.52. The molecule has 0 radical (unpaired) electrons. The van der Waals surface area contributed by atoms with Crippen LogP contribution in [0.3, 0.4) is 0 Å². The number of nitrogens with zero attached hydrogens (tertiary/aromatic N) is 1. The second kappa shape index (κ2) is 5.86. The first-order valence-corrected chi connectivity index (χ1v) is 9.86. The highest BCUT2D eigenvalue weighted by molar-refractivity contribution is 6.26. The average molecular weight is 373 g/mol. The van der Waals surface area contributed by atoms with E-state index in [2.05, 4.69) is 77.8 Å². The second-order valence-corrected chi connectivity index (χ2v) is 7.40. The minimum atomic E-state index is 0.854. The molecule has 0 bridgehead atoms. The third-order valence-electron chi connectivity index (χ3n) is 5.86. The summed E-state index contributed by atoms with van der Waals surface area (Å²) in [5, 5.41) is 7.34. The Morgan fingerprint density at radius 2 is 1.62 bits per heavy atom. The highest BCUT2D eigenvalue weighted by Crippen LogP contribution is 2.41. The molecule has 0 aliphatic rings. The quantitative estimate of drug-likeness (QED) is 0.283. The summed E-state index contributed by atoms with van der Waals surface area (Å²) in [6.45, 7) is 6.08. The van der Waals surface area contributed by atoms with Gasteiger partial charge in [0.2, 0.25) is 0 Å². The lowest BCUT2D eigenvalue weighted by atomic mass is 9.98. The van der Waals surface area contributed by atoms with E-state index in [4.69, 9.17) is 4.42 Å². The zero-order valence-electron chi connectivity index (χ0n) is 16.1. The normalized spacial score (nSPS) is 12.3. The molecular weight excluding hydrogens is 354 g/mol. The van der Waals surface area contributed by atoms with Crippen LogP contribution in [0.15, 0.2) is 83.9 Å². The van der Waals surface area contributed by atoms with Gasteiger partial charge in [-0.1, -0.05) is 67.3 Å². The van der Waals surface area contributed by atoms with Crippen molar-refractivity contribution < 1.29 is 4.42 Å². The minimum absolute atomic E-state index is 0.854. The Morgan fingerprint density at radius 1 is 0.862 bits per heavy atom. The summed E-state index contributed by atoms with van der Waals surface area (Å²) >= 11 is 0. The molecule has 29 heavy (non-hydrogen) atoms. The Bertz CT molecular complexity index is 1630. The second-order valence-electron chi connectivity index (χ2n) is 7.40. The molecule has 3 aromatic heterocycles. The van der Waals surface area contributed by atoms with Gasteiger partial charge in [0.1, 0.15) is 11.3 Å². The van der Waals surface area contributed by atoms with Crippen LogP contribution in [0.5, 0.6) is 0 Å². The summed E-state index contributed by atoms with van der Waals surface area (Å²) in [5.74, 6) is 0.854. The number of hydrogen-bond donors (Lipinski definition) is 0. The van der Waals surface area contributed by atoms with Crippen molar-refractivity contribution in [2.24, 2.45) is 0 Å². The smallest absolute Gasteiger partial charge is 0.136 e. The molecule has 0 unspecified atom stereocenters. The van der Waals surface area contributed by atoms with Gasteiger partial charge in [0.25, 0.3) is 0 Å². The maximum absolute atomic E-state index is 6.19. The van der Waals surface area contributed by atoms with Gasteiger partial charge in [0, 0.05) is 38.7 Å². The zero-order chi connectivity index (χ0) is 19.5. The average Bonchev–Trinajstić information content (AvgIpc) is 3.32. The number of benzene rings is 3. The van der Waals surface area contributed by atoms with Gasteiger partial charge in [-0.05, 0) is 30.5 Å².